The molecule has 0 saturated carbocycles. The van der Waals surface area contributed by atoms with Crippen molar-refractivity contribution in [1.29, 1.82) is 0 Å². The van der Waals surface area contributed by atoms with Crippen LogP contribution in [0.2, 0.25) is 5.02 Å². The summed E-state index contributed by atoms with van der Waals surface area (Å²) in [4.78, 5) is 12.0. The molecule has 0 aliphatic rings. The van der Waals surface area contributed by atoms with Gasteiger partial charge in [-0.25, -0.2) is 8.42 Å². The average molecular weight is 387 g/mol. The van der Waals surface area contributed by atoms with E-state index in [1.807, 2.05) is 0 Å². The van der Waals surface area contributed by atoms with Gasteiger partial charge in [0.05, 0.1) is 31.9 Å². The number of halogens is 1. The van der Waals surface area contributed by atoms with Crippen LogP contribution in [-0.4, -0.2) is 34.2 Å². The maximum Gasteiger partial charge on any atom is 0.232 e. The van der Waals surface area contributed by atoms with E-state index in [0.717, 1.165) is 10.6 Å². The zero-order valence-electron chi connectivity index (χ0n) is 13.9. The smallest absolute Gasteiger partial charge is 0.232 e. The SMILES string of the molecule is COc1ccc(Cl)cc1N(CCC(=O)NCc1ccco1)S(C)(=O)=O. The van der Waals surface area contributed by atoms with Crippen molar-refractivity contribution < 1.29 is 22.4 Å². The molecule has 1 amide bonds. The molecule has 0 radical (unpaired) electrons. The Morgan fingerprint density at radius 1 is 1.36 bits per heavy atom. The Bertz CT molecular complexity index is 821. The van der Waals surface area contributed by atoms with E-state index >= 15 is 0 Å². The van der Waals surface area contributed by atoms with Gasteiger partial charge in [-0.2, -0.15) is 0 Å². The van der Waals surface area contributed by atoms with Gasteiger partial charge in [0.25, 0.3) is 0 Å². The largest absolute Gasteiger partial charge is 0.495 e. The number of carbonyl (C=O) groups excluding carboxylic acids is 1. The molecule has 1 aromatic heterocycles. The number of benzene rings is 1. The van der Waals surface area contributed by atoms with Gasteiger partial charge in [0.1, 0.15) is 11.5 Å². The quantitative estimate of drug-likeness (QED) is 0.752. The lowest BCUT2D eigenvalue weighted by atomic mass is 10.2. The Balaban J connectivity index is 2.09. The third kappa shape index (κ3) is 5.40. The molecule has 0 aliphatic heterocycles. The molecule has 1 aromatic carbocycles. The number of methoxy groups -OCH3 is 1. The molecular weight excluding hydrogens is 368 g/mol. The molecule has 0 atom stereocenters. The lowest BCUT2D eigenvalue weighted by Gasteiger charge is -2.24. The fourth-order valence-electron chi connectivity index (χ4n) is 2.21. The number of furan rings is 1. The Labute approximate surface area is 151 Å². The van der Waals surface area contributed by atoms with Gasteiger partial charge < -0.3 is 14.5 Å². The second-order valence-corrected chi connectivity index (χ2v) is 7.60. The molecule has 7 nitrogen and oxygen atoms in total. The first-order valence-electron chi connectivity index (χ1n) is 7.41. The fourth-order valence-corrected chi connectivity index (χ4v) is 3.30. The van der Waals surface area contributed by atoms with E-state index in [1.165, 1.54) is 19.4 Å². The topological polar surface area (TPSA) is 88.8 Å². The van der Waals surface area contributed by atoms with Gasteiger partial charge in [-0.1, -0.05) is 11.6 Å². The second kappa shape index (κ2) is 8.26. The Kier molecular flexibility index (Phi) is 6.33. The summed E-state index contributed by atoms with van der Waals surface area (Å²) in [7, 11) is -2.19. The van der Waals surface area contributed by atoms with Gasteiger partial charge in [-0.15, -0.1) is 0 Å². The van der Waals surface area contributed by atoms with E-state index < -0.39 is 10.0 Å². The number of nitrogens with one attached hydrogen (secondary N) is 1. The van der Waals surface area contributed by atoms with Crippen molar-refractivity contribution in [3.8, 4) is 5.75 Å². The van der Waals surface area contributed by atoms with Crippen LogP contribution < -0.4 is 14.4 Å². The van der Waals surface area contributed by atoms with Crippen molar-refractivity contribution in [2.24, 2.45) is 0 Å². The number of ether oxygens (including phenoxy) is 1. The molecular formula is C16H19ClN2O5S. The van der Waals surface area contributed by atoms with Crippen molar-refractivity contribution >= 4 is 33.2 Å². The second-order valence-electron chi connectivity index (χ2n) is 5.26. The van der Waals surface area contributed by atoms with E-state index in [-0.39, 0.29) is 31.1 Å². The van der Waals surface area contributed by atoms with Crippen LogP contribution in [0.15, 0.2) is 41.0 Å². The first-order valence-corrected chi connectivity index (χ1v) is 9.64. The van der Waals surface area contributed by atoms with E-state index in [9.17, 15) is 13.2 Å². The molecule has 0 spiro atoms. The monoisotopic (exact) mass is 386 g/mol. The summed E-state index contributed by atoms with van der Waals surface area (Å²) in [5, 5.41) is 3.04. The Hall–Kier alpha value is -2.19. The first-order chi connectivity index (χ1) is 11.8. The lowest BCUT2D eigenvalue weighted by Crippen LogP contribution is -2.34. The standard InChI is InChI=1S/C16H19ClN2O5S/c1-23-15-6-5-12(17)10-14(15)19(25(2,21)22)8-7-16(20)18-11-13-4-3-9-24-13/h3-6,9-10H,7-8,11H2,1-2H3,(H,18,20). The third-order valence-corrected chi connectivity index (χ3v) is 4.81. The molecule has 0 bridgehead atoms. The summed E-state index contributed by atoms with van der Waals surface area (Å²) in [5.74, 6) is 0.668. The predicted molar refractivity (Wildman–Crippen MR) is 95.4 cm³/mol. The van der Waals surface area contributed by atoms with Crippen LogP contribution in [0.25, 0.3) is 0 Å². The van der Waals surface area contributed by atoms with Gasteiger partial charge in [-0.05, 0) is 30.3 Å². The highest BCUT2D eigenvalue weighted by molar-refractivity contribution is 7.92. The van der Waals surface area contributed by atoms with Crippen LogP contribution >= 0.6 is 11.6 Å². The number of sulfonamides is 1. The molecule has 1 heterocycles. The maximum absolute atomic E-state index is 12.1. The normalized spacial score (nSPS) is 11.2. The van der Waals surface area contributed by atoms with Crippen molar-refractivity contribution in [3.63, 3.8) is 0 Å². The molecule has 0 fully saturated rings. The summed E-state index contributed by atoms with van der Waals surface area (Å²) in [6.07, 6.45) is 2.55. The minimum atomic E-state index is -3.62. The number of hydrogen-bond acceptors (Lipinski definition) is 5. The molecule has 0 unspecified atom stereocenters. The Morgan fingerprint density at radius 3 is 2.72 bits per heavy atom. The van der Waals surface area contributed by atoms with Crippen LogP contribution in [0, 0.1) is 0 Å². The van der Waals surface area contributed by atoms with Crippen LogP contribution in [0.3, 0.4) is 0 Å². The number of hydrogen-bond donors (Lipinski definition) is 1. The first kappa shape index (κ1) is 19.1. The number of rotatable bonds is 8. The summed E-state index contributed by atoms with van der Waals surface area (Å²) in [6.45, 7) is 0.199. The van der Waals surface area contributed by atoms with Crippen LogP contribution in [0.5, 0.6) is 5.75 Å². The van der Waals surface area contributed by atoms with Crippen molar-refractivity contribution in [2.75, 3.05) is 24.2 Å². The zero-order chi connectivity index (χ0) is 18.4. The molecule has 2 rings (SSSR count). The minimum Gasteiger partial charge on any atom is -0.495 e. The summed E-state index contributed by atoms with van der Waals surface area (Å²) in [6, 6.07) is 8.12. The van der Waals surface area contributed by atoms with Crippen molar-refractivity contribution in [2.45, 2.75) is 13.0 Å². The molecule has 1 N–H and O–H groups in total. The highest BCUT2D eigenvalue weighted by atomic mass is 35.5. The van der Waals surface area contributed by atoms with Crippen molar-refractivity contribution in [1.82, 2.24) is 5.32 Å². The van der Waals surface area contributed by atoms with Gasteiger partial charge >= 0.3 is 0 Å². The summed E-state index contributed by atoms with van der Waals surface area (Å²) in [5.41, 5.74) is 0.288. The van der Waals surface area contributed by atoms with Gasteiger partial charge in [-0.3, -0.25) is 9.10 Å². The number of carbonyl (C=O) groups is 1. The number of nitrogens with zero attached hydrogens (tertiary/aromatic N) is 1. The van der Waals surface area contributed by atoms with Crippen LogP contribution in [-0.2, 0) is 21.4 Å². The molecule has 25 heavy (non-hydrogen) atoms. The number of amides is 1. The summed E-state index contributed by atoms with van der Waals surface area (Å²) >= 11 is 5.97. The average Bonchev–Trinajstić information content (AvgIpc) is 3.05. The van der Waals surface area contributed by atoms with E-state index in [0.29, 0.717) is 16.5 Å². The van der Waals surface area contributed by atoms with E-state index in [1.54, 1.807) is 24.3 Å². The van der Waals surface area contributed by atoms with E-state index in [4.69, 9.17) is 20.8 Å². The maximum atomic E-state index is 12.1. The molecule has 9 heteroatoms. The predicted octanol–water partition coefficient (Wildman–Crippen LogP) is 2.41. The number of anilines is 1. The van der Waals surface area contributed by atoms with Crippen LogP contribution in [0.4, 0.5) is 5.69 Å². The molecule has 136 valence electrons. The zero-order valence-corrected chi connectivity index (χ0v) is 15.4. The van der Waals surface area contributed by atoms with E-state index in [2.05, 4.69) is 5.32 Å². The van der Waals surface area contributed by atoms with Crippen LogP contribution in [0.1, 0.15) is 12.2 Å². The molecule has 2 aromatic rings. The summed E-state index contributed by atoms with van der Waals surface area (Å²) < 4.78 is 35.7. The van der Waals surface area contributed by atoms with Gasteiger partial charge in [0.15, 0.2) is 0 Å². The lowest BCUT2D eigenvalue weighted by molar-refractivity contribution is -0.121. The third-order valence-electron chi connectivity index (χ3n) is 3.39. The molecule has 0 aliphatic carbocycles. The van der Waals surface area contributed by atoms with Gasteiger partial charge in [0, 0.05) is 18.0 Å². The van der Waals surface area contributed by atoms with Gasteiger partial charge in [0.2, 0.25) is 15.9 Å². The fraction of sp³-hybridized carbons (Fsp3) is 0.312. The van der Waals surface area contributed by atoms with Crippen molar-refractivity contribution in [3.05, 3.63) is 47.4 Å². The Morgan fingerprint density at radius 2 is 2.12 bits per heavy atom. The highest BCUT2D eigenvalue weighted by Gasteiger charge is 2.22. The minimum absolute atomic E-state index is 0.0244. The highest BCUT2D eigenvalue weighted by Crippen LogP contribution is 2.32. The molecule has 0 saturated heterocycles.